The Morgan fingerprint density at radius 2 is 1.57 bits per heavy atom. The van der Waals surface area contributed by atoms with E-state index in [1.165, 1.54) is 17.0 Å². The summed E-state index contributed by atoms with van der Waals surface area (Å²) in [5.41, 5.74) is 2.13. The quantitative estimate of drug-likeness (QED) is 0.314. The molecule has 1 aliphatic rings. The highest BCUT2D eigenvalue weighted by molar-refractivity contribution is 7.92. The fourth-order valence-electron chi connectivity index (χ4n) is 5.03. The van der Waals surface area contributed by atoms with Gasteiger partial charge in [-0.15, -0.1) is 0 Å². The van der Waals surface area contributed by atoms with Crippen molar-refractivity contribution in [2.45, 2.75) is 69.5 Å². The number of benzene rings is 3. The summed E-state index contributed by atoms with van der Waals surface area (Å²) in [7, 11) is -4.08. The fourth-order valence-corrected chi connectivity index (χ4v) is 6.59. The zero-order valence-electron chi connectivity index (χ0n) is 22.9. The molecule has 1 fully saturated rings. The molecule has 7 nitrogen and oxygen atoms in total. The third-order valence-electron chi connectivity index (χ3n) is 7.29. The van der Waals surface area contributed by atoms with Crippen LogP contribution in [-0.2, 0) is 26.2 Å². The summed E-state index contributed by atoms with van der Waals surface area (Å²) in [6, 6.07) is 21.5. The Bertz CT molecular complexity index is 1390. The van der Waals surface area contributed by atoms with E-state index in [2.05, 4.69) is 5.32 Å². The third-order valence-corrected chi connectivity index (χ3v) is 9.33. The van der Waals surface area contributed by atoms with Crippen molar-refractivity contribution in [1.29, 1.82) is 0 Å². The van der Waals surface area contributed by atoms with Crippen LogP contribution in [0.15, 0.2) is 83.8 Å². The average Bonchev–Trinajstić information content (AvgIpc) is 3.46. The van der Waals surface area contributed by atoms with Crippen molar-refractivity contribution in [2.24, 2.45) is 0 Å². The number of carbonyl (C=O) groups excluding carboxylic acids is 2. The lowest BCUT2D eigenvalue weighted by molar-refractivity contribution is -0.140. The van der Waals surface area contributed by atoms with E-state index < -0.39 is 28.5 Å². The Labute approximate surface area is 242 Å². The van der Waals surface area contributed by atoms with E-state index in [1.807, 2.05) is 38.1 Å². The second kappa shape index (κ2) is 13.3. The first-order valence-corrected chi connectivity index (χ1v) is 15.5. The number of hydrogen-bond acceptors (Lipinski definition) is 4. The predicted octanol–water partition coefficient (Wildman–Crippen LogP) is 5.71. The molecule has 1 unspecified atom stereocenters. The van der Waals surface area contributed by atoms with Gasteiger partial charge >= 0.3 is 0 Å². The normalized spacial score (nSPS) is 14.5. The molecule has 1 aliphatic carbocycles. The molecule has 0 bridgehead atoms. The number of halogens is 1. The molecule has 1 saturated carbocycles. The molecule has 4 rings (SSSR count). The molecule has 212 valence electrons. The number of carbonyl (C=O) groups is 2. The summed E-state index contributed by atoms with van der Waals surface area (Å²) in [4.78, 5) is 29.2. The van der Waals surface area contributed by atoms with E-state index in [-0.39, 0.29) is 23.4 Å². The zero-order chi connectivity index (χ0) is 28.7. The van der Waals surface area contributed by atoms with Crippen LogP contribution < -0.4 is 9.62 Å². The molecule has 0 spiro atoms. The summed E-state index contributed by atoms with van der Waals surface area (Å²) >= 11 is 6.08. The number of sulfonamides is 1. The van der Waals surface area contributed by atoms with E-state index in [9.17, 15) is 18.0 Å². The lowest BCUT2D eigenvalue weighted by Crippen LogP contribution is -2.53. The highest BCUT2D eigenvalue weighted by Crippen LogP contribution is 2.26. The van der Waals surface area contributed by atoms with Gasteiger partial charge in [0.05, 0.1) is 10.6 Å². The first kappa shape index (κ1) is 29.6. The highest BCUT2D eigenvalue weighted by atomic mass is 35.5. The Morgan fingerprint density at radius 3 is 2.17 bits per heavy atom. The van der Waals surface area contributed by atoms with E-state index in [1.54, 1.807) is 42.5 Å². The van der Waals surface area contributed by atoms with Crippen LogP contribution in [0, 0.1) is 6.92 Å². The van der Waals surface area contributed by atoms with Crippen molar-refractivity contribution in [3.63, 3.8) is 0 Å². The van der Waals surface area contributed by atoms with Gasteiger partial charge in [-0.05, 0) is 68.1 Å². The Hall–Kier alpha value is -3.36. The van der Waals surface area contributed by atoms with Crippen LogP contribution in [0.5, 0.6) is 0 Å². The molecular weight excluding hydrogens is 546 g/mol. The van der Waals surface area contributed by atoms with E-state index in [4.69, 9.17) is 11.6 Å². The lowest BCUT2D eigenvalue weighted by atomic mass is 10.1. The van der Waals surface area contributed by atoms with Crippen LogP contribution in [0.3, 0.4) is 0 Å². The van der Waals surface area contributed by atoms with Crippen LogP contribution >= 0.6 is 11.6 Å². The molecule has 0 aromatic heterocycles. The van der Waals surface area contributed by atoms with Gasteiger partial charge < -0.3 is 10.2 Å². The van der Waals surface area contributed by atoms with Gasteiger partial charge in [-0.25, -0.2) is 8.42 Å². The summed E-state index contributed by atoms with van der Waals surface area (Å²) < 4.78 is 28.8. The molecule has 40 heavy (non-hydrogen) atoms. The van der Waals surface area contributed by atoms with Crippen LogP contribution in [0.2, 0.25) is 5.02 Å². The Balaban J connectivity index is 1.69. The second-order valence-electron chi connectivity index (χ2n) is 10.2. The third kappa shape index (κ3) is 7.23. The van der Waals surface area contributed by atoms with Gasteiger partial charge in [-0.2, -0.15) is 0 Å². The van der Waals surface area contributed by atoms with Gasteiger partial charge in [0, 0.05) is 17.6 Å². The second-order valence-corrected chi connectivity index (χ2v) is 12.5. The molecule has 2 amide bonds. The Morgan fingerprint density at radius 1 is 0.950 bits per heavy atom. The minimum atomic E-state index is -4.08. The summed E-state index contributed by atoms with van der Waals surface area (Å²) in [5.74, 6) is -0.687. The first-order chi connectivity index (χ1) is 19.2. The summed E-state index contributed by atoms with van der Waals surface area (Å²) in [6.45, 7) is 3.45. The van der Waals surface area contributed by atoms with Crippen LogP contribution in [0.1, 0.15) is 50.2 Å². The monoisotopic (exact) mass is 581 g/mol. The number of hydrogen-bond donors (Lipinski definition) is 1. The van der Waals surface area contributed by atoms with Crippen molar-refractivity contribution in [3.8, 4) is 0 Å². The van der Waals surface area contributed by atoms with Crippen molar-refractivity contribution in [2.75, 3.05) is 10.8 Å². The van der Waals surface area contributed by atoms with Crippen molar-refractivity contribution >= 4 is 39.1 Å². The number of amides is 2. The van der Waals surface area contributed by atoms with E-state index >= 15 is 0 Å². The number of nitrogens with zero attached hydrogens (tertiary/aromatic N) is 2. The molecule has 3 aromatic rings. The van der Waals surface area contributed by atoms with Crippen LogP contribution in [0.4, 0.5) is 5.69 Å². The van der Waals surface area contributed by atoms with Gasteiger partial charge in [-0.1, -0.05) is 79.4 Å². The number of anilines is 1. The summed E-state index contributed by atoms with van der Waals surface area (Å²) in [6.07, 6.45) is 4.36. The zero-order valence-corrected chi connectivity index (χ0v) is 24.5. The number of rotatable bonds is 11. The fraction of sp³-hybridized carbons (Fsp3) is 0.355. The molecule has 0 radical (unpaired) electrons. The molecular formula is C31H36ClN3O4S. The molecule has 0 heterocycles. The average molecular weight is 582 g/mol. The molecule has 1 atom stereocenters. The van der Waals surface area contributed by atoms with Gasteiger partial charge in [0.1, 0.15) is 12.6 Å². The van der Waals surface area contributed by atoms with Gasteiger partial charge in [0.25, 0.3) is 10.0 Å². The topological polar surface area (TPSA) is 86.8 Å². The molecule has 0 aliphatic heterocycles. The van der Waals surface area contributed by atoms with E-state index in [0.717, 1.165) is 41.1 Å². The smallest absolute Gasteiger partial charge is 0.264 e. The minimum Gasteiger partial charge on any atom is -0.352 e. The molecule has 3 aromatic carbocycles. The SMILES string of the molecule is CCC(C(=O)NC1CCCC1)N(Cc1ccc(Cl)cc1)C(=O)CN(c1ccc(C)cc1)S(=O)(=O)c1ccccc1. The maximum atomic E-state index is 14.1. The molecule has 9 heteroatoms. The van der Waals surface area contributed by atoms with Crippen LogP contribution in [0.25, 0.3) is 0 Å². The lowest BCUT2D eigenvalue weighted by Gasteiger charge is -2.33. The highest BCUT2D eigenvalue weighted by Gasteiger charge is 2.34. The maximum Gasteiger partial charge on any atom is 0.264 e. The standard InChI is InChI=1S/C31H36ClN3O4S/c1-3-29(31(37)33-26-9-7-8-10-26)34(21-24-15-17-25(32)18-16-24)30(36)22-35(27-19-13-23(2)14-20-27)40(38,39)28-11-5-4-6-12-28/h4-6,11-20,26,29H,3,7-10,21-22H2,1-2H3,(H,33,37). The van der Waals surface area contributed by atoms with Crippen LogP contribution in [-0.4, -0.2) is 43.8 Å². The van der Waals surface area contributed by atoms with Gasteiger partial charge in [0.2, 0.25) is 11.8 Å². The number of nitrogens with one attached hydrogen (secondary N) is 1. The van der Waals surface area contributed by atoms with Crippen molar-refractivity contribution in [1.82, 2.24) is 10.2 Å². The molecule has 1 N–H and O–H groups in total. The van der Waals surface area contributed by atoms with Gasteiger partial charge in [-0.3, -0.25) is 13.9 Å². The predicted molar refractivity (Wildman–Crippen MR) is 159 cm³/mol. The van der Waals surface area contributed by atoms with Gasteiger partial charge in [0.15, 0.2) is 0 Å². The van der Waals surface area contributed by atoms with E-state index in [0.29, 0.717) is 17.1 Å². The minimum absolute atomic E-state index is 0.0821. The summed E-state index contributed by atoms with van der Waals surface area (Å²) in [5, 5.41) is 3.68. The first-order valence-electron chi connectivity index (χ1n) is 13.7. The Kier molecular flexibility index (Phi) is 9.87. The van der Waals surface area contributed by atoms with Crippen molar-refractivity contribution in [3.05, 3.63) is 95.0 Å². The molecule has 0 saturated heterocycles. The van der Waals surface area contributed by atoms with Crippen molar-refractivity contribution < 1.29 is 18.0 Å². The largest absolute Gasteiger partial charge is 0.352 e. The maximum absolute atomic E-state index is 14.1. The number of aryl methyl sites for hydroxylation is 1.